The Morgan fingerprint density at radius 2 is 2.00 bits per heavy atom. The van der Waals surface area contributed by atoms with Crippen molar-refractivity contribution in [1.29, 1.82) is 0 Å². The molecule has 0 saturated carbocycles. The molecule has 0 unspecified atom stereocenters. The maximum Gasteiger partial charge on any atom is 0.0543 e. The number of hydrogen-bond donors (Lipinski definition) is 1. The van der Waals surface area contributed by atoms with E-state index in [4.69, 9.17) is 0 Å². The first kappa shape index (κ1) is 14.1. The van der Waals surface area contributed by atoms with E-state index in [0.29, 0.717) is 5.41 Å². The summed E-state index contributed by atoms with van der Waals surface area (Å²) in [5.41, 5.74) is 2.04. The summed E-state index contributed by atoms with van der Waals surface area (Å²) in [7, 11) is 0. The van der Waals surface area contributed by atoms with Gasteiger partial charge in [0.2, 0.25) is 0 Å². The lowest BCUT2D eigenvalue weighted by molar-refractivity contribution is 0.194. The second-order valence-corrected chi connectivity index (χ2v) is 7.67. The van der Waals surface area contributed by atoms with Gasteiger partial charge in [0.1, 0.15) is 0 Å². The highest BCUT2D eigenvalue weighted by molar-refractivity contribution is 5.06. The third-order valence-electron chi connectivity index (χ3n) is 4.91. The van der Waals surface area contributed by atoms with E-state index in [1.807, 2.05) is 6.20 Å². The van der Waals surface area contributed by atoms with E-state index < -0.39 is 0 Å². The molecule has 0 amide bonds. The van der Waals surface area contributed by atoms with Crippen LogP contribution in [0.4, 0.5) is 0 Å². The van der Waals surface area contributed by atoms with E-state index in [-0.39, 0.29) is 5.54 Å². The number of nitrogens with zero attached hydrogens (tertiary/aromatic N) is 3. The van der Waals surface area contributed by atoms with E-state index >= 15 is 0 Å². The van der Waals surface area contributed by atoms with Gasteiger partial charge in [0, 0.05) is 24.8 Å². The number of likely N-dealkylation sites (tertiary alicyclic amines) is 1. The van der Waals surface area contributed by atoms with Crippen molar-refractivity contribution in [1.82, 2.24) is 20.0 Å². The Kier molecular flexibility index (Phi) is 3.63. The summed E-state index contributed by atoms with van der Waals surface area (Å²) in [6.45, 7) is 12.6. The Labute approximate surface area is 122 Å². The fourth-order valence-electron chi connectivity index (χ4n) is 3.59. The zero-order valence-electron chi connectivity index (χ0n) is 13.2. The molecule has 0 radical (unpaired) electrons. The lowest BCUT2D eigenvalue weighted by Gasteiger charge is -2.33. The lowest BCUT2D eigenvalue weighted by Crippen LogP contribution is -2.38. The van der Waals surface area contributed by atoms with Gasteiger partial charge in [-0.25, -0.2) is 0 Å². The van der Waals surface area contributed by atoms with Crippen LogP contribution in [0.3, 0.4) is 0 Å². The molecule has 0 aromatic carbocycles. The number of nitrogens with one attached hydrogen (secondary N) is 1. The SMILES string of the molecule is CC(C)(C)n1cc(CN2CCC3(CCNCC3)C2)cn1. The summed E-state index contributed by atoms with van der Waals surface area (Å²) in [5.74, 6) is 0. The topological polar surface area (TPSA) is 33.1 Å². The van der Waals surface area contributed by atoms with Crippen LogP contribution in [0.5, 0.6) is 0 Å². The molecule has 1 N–H and O–H groups in total. The summed E-state index contributed by atoms with van der Waals surface area (Å²) in [5, 5.41) is 8.00. The number of hydrogen-bond acceptors (Lipinski definition) is 3. The van der Waals surface area contributed by atoms with Crippen molar-refractivity contribution < 1.29 is 0 Å². The molecule has 1 aromatic heterocycles. The molecule has 112 valence electrons. The van der Waals surface area contributed by atoms with Gasteiger partial charge in [0.15, 0.2) is 0 Å². The van der Waals surface area contributed by atoms with Gasteiger partial charge in [-0.3, -0.25) is 9.58 Å². The van der Waals surface area contributed by atoms with Gasteiger partial charge < -0.3 is 5.32 Å². The molecule has 0 atom stereocenters. The fourth-order valence-corrected chi connectivity index (χ4v) is 3.59. The molecule has 0 bridgehead atoms. The van der Waals surface area contributed by atoms with Crippen molar-refractivity contribution in [2.24, 2.45) is 5.41 Å². The van der Waals surface area contributed by atoms with Crippen LogP contribution in [0, 0.1) is 5.41 Å². The van der Waals surface area contributed by atoms with Gasteiger partial charge in [-0.05, 0) is 65.1 Å². The standard InChI is InChI=1S/C16H28N4/c1-15(2,3)20-12-14(10-18-20)11-19-9-6-16(13-19)4-7-17-8-5-16/h10,12,17H,4-9,11,13H2,1-3H3. The molecule has 1 aromatic rings. The van der Waals surface area contributed by atoms with Crippen molar-refractivity contribution in [3.05, 3.63) is 18.0 Å². The van der Waals surface area contributed by atoms with E-state index in [1.165, 1.54) is 51.0 Å². The Morgan fingerprint density at radius 1 is 1.25 bits per heavy atom. The fraction of sp³-hybridized carbons (Fsp3) is 0.812. The molecule has 4 nitrogen and oxygen atoms in total. The third-order valence-corrected chi connectivity index (χ3v) is 4.91. The van der Waals surface area contributed by atoms with Crippen LogP contribution in [0.15, 0.2) is 12.4 Å². The number of rotatable bonds is 2. The number of piperidine rings is 1. The van der Waals surface area contributed by atoms with E-state index in [9.17, 15) is 0 Å². The maximum atomic E-state index is 4.51. The van der Waals surface area contributed by atoms with Gasteiger partial charge in [0.25, 0.3) is 0 Å². The summed E-state index contributed by atoms with van der Waals surface area (Å²) < 4.78 is 2.08. The minimum Gasteiger partial charge on any atom is -0.317 e. The van der Waals surface area contributed by atoms with Crippen LogP contribution in [0.25, 0.3) is 0 Å². The highest BCUT2D eigenvalue weighted by atomic mass is 15.3. The molecule has 0 aliphatic carbocycles. The monoisotopic (exact) mass is 276 g/mol. The van der Waals surface area contributed by atoms with Crippen molar-refractivity contribution in [2.45, 2.75) is 52.1 Å². The van der Waals surface area contributed by atoms with E-state index in [2.05, 4.69) is 47.0 Å². The van der Waals surface area contributed by atoms with Crippen LogP contribution < -0.4 is 5.32 Å². The average Bonchev–Trinajstić information content (AvgIpc) is 2.99. The molecule has 20 heavy (non-hydrogen) atoms. The summed E-state index contributed by atoms with van der Waals surface area (Å²) in [6, 6.07) is 0. The van der Waals surface area contributed by atoms with E-state index in [0.717, 1.165) is 6.54 Å². The minimum atomic E-state index is 0.0829. The van der Waals surface area contributed by atoms with Gasteiger partial charge in [-0.2, -0.15) is 5.10 Å². The first-order chi connectivity index (χ1) is 9.47. The molecule has 2 aliphatic rings. The largest absolute Gasteiger partial charge is 0.317 e. The van der Waals surface area contributed by atoms with Crippen molar-refractivity contribution in [3.8, 4) is 0 Å². The summed E-state index contributed by atoms with van der Waals surface area (Å²) in [4.78, 5) is 2.62. The zero-order valence-corrected chi connectivity index (χ0v) is 13.2. The molecular weight excluding hydrogens is 248 g/mol. The normalized spacial score (nSPS) is 23.6. The predicted octanol–water partition coefficient (Wildman–Crippen LogP) is 2.21. The first-order valence-electron chi connectivity index (χ1n) is 7.94. The van der Waals surface area contributed by atoms with Crippen LogP contribution in [0.2, 0.25) is 0 Å². The van der Waals surface area contributed by atoms with Crippen molar-refractivity contribution in [2.75, 3.05) is 26.2 Å². The quantitative estimate of drug-likeness (QED) is 0.899. The van der Waals surface area contributed by atoms with Gasteiger partial charge in [0.05, 0.1) is 11.7 Å². The third kappa shape index (κ3) is 2.91. The Bertz CT molecular complexity index is 451. The van der Waals surface area contributed by atoms with Crippen LogP contribution in [0.1, 0.15) is 45.6 Å². The maximum absolute atomic E-state index is 4.51. The molecule has 2 aliphatic heterocycles. The predicted molar refractivity (Wildman–Crippen MR) is 81.7 cm³/mol. The van der Waals surface area contributed by atoms with Gasteiger partial charge in [-0.15, -0.1) is 0 Å². The summed E-state index contributed by atoms with van der Waals surface area (Å²) >= 11 is 0. The number of aromatic nitrogens is 2. The Balaban J connectivity index is 1.60. The van der Waals surface area contributed by atoms with Gasteiger partial charge in [-0.1, -0.05) is 0 Å². The van der Waals surface area contributed by atoms with Crippen LogP contribution in [-0.2, 0) is 12.1 Å². The van der Waals surface area contributed by atoms with Crippen LogP contribution in [-0.4, -0.2) is 40.9 Å². The molecule has 3 rings (SSSR count). The molecule has 4 heteroatoms. The lowest BCUT2D eigenvalue weighted by atomic mass is 9.78. The Hall–Kier alpha value is -0.870. The highest BCUT2D eigenvalue weighted by Crippen LogP contribution is 2.38. The molecule has 3 heterocycles. The second-order valence-electron chi connectivity index (χ2n) is 7.67. The first-order valence-corrected chi connectivity index (χ1v) is 7.94. The smallest absolute Gasteiger partial charge is 0.0543 e. The van der Waals surface area contributed by atoms with Crippen LogP contribution >= 0.6 is 0 Å². The minimum absolute atomic E-state index is 0.0829. The second kappa shape index (κ2) is 5.15. The van der Waals surface area contributed by atoms with Crippen molar-refractivity contribution >= 4 is 0 Å². The summed E-state index contributed by atoms with van der Waals surface area (Å²) in [6.07, 6.45) is 8.34. The molecule has 2 fully saturated rings. The van der Waals surface area contributed by atoms with Gasteiger partial charge >= 0.3 is 0 Å². The molecule has 2 saturated heterocycles. The van der Waals surface area contributed by atoms with E-state index in [1.54, 1.807) is 0 Å². The van der Waals surface area contributed by atoms with Crippen molar-refractivity contribution in [3.63, 3.8) is 0 Å². The average molecular weight is 276 g/mol. The molecular formula is C16H28N4. The highest BCUT2D eigenvalue weighted by Gasteiger charge is 2.38. The molecule has 1 spiro atoms. The zero-order chi connectivity index (χ0) is 14.2. The Morgan fingerprint density at radius 3 is 2.65 bits per heavy atom.